The summed E-state index contributed by atoms with van der Waals surface area (Å²) in [5, 5.41) is 1.59. The number of hydrogen-bond acceptors (Lipinski definition) is 2. The maximum atomic E-state index is 11.9. The molecule has 0 saturated carbocycles. The van der Waals surface area contributed by atoms with Crippen LogP contribution < -0.4 is 0 Å². The summed E-state index contributed by atoms with van der Waals surface area (Å²) in [4.78, 5) is -0.116. The van der Waals surface area contributed by atoms with Crippen LogP contribution in [0, 0.1) is 13.8 Å². The maximum absolute atomic E-state index is 11.9. The fourth-order valence-corrected chi connectivity index (χ4v) is 3.99. The normalized spacial score (nSPS) is 12.0. The molecule has 0 atom stereocenters. The third-order valence-electron chi connectivity index (χ3n) is 4.47. The Bertz CT molecular complexity index is 1210. The lowest BCUT2D eigenvalue weighted by Crippen LogP contribution is -2.01. The Balaban J connectivity index is 2.25. The van der Waals surface area contributed by atoms with Crippen LogP contribution in [0.4, 0.5) is 0 Å². The van der Waals surface area contributed by atoms with Gasteiger partial charge in [-0.3, -0.25) is 4.55 Å². The van der Waals surface area contributed by atoms with Gasteiger partial charge in [0.2, 0.25) is 0 Å². The minimum atomic E-state index is -4.37. The molecule has 0 saturated heterocycles. The molecule has 0 unspecified atom stereocenters. The van der Waals surface area contributed by atoms with Gasteiger partial charge in [-0.25, -0.2) is 4.42 Å². The van der Waals surface area contributed by atoms with Crippen molar-refractivity contribution in [3.8, 4) is 11.1 Å². The maximum Gasteiger partial charge on any atom is 0.361 e. The summed E-state index contributed by atoms with van der Waals surface area (Å²) in [6.07, 6.45) is 0. The molecule has 4 rings (SSSR count). The Labute approximate surface area is 151 Å². The Hall–Kier alpha value is -2.76. The van der Waals surface area contributed by atoms with Gasteiger partial charge in [0.25, 0.3) is 10.1 Å². The lowest BCUT2D eigenvalue weighted by Gasteiger charge is -2.10. The van der Waals surface area contributed by atoms with Crippen molar-refractivity contribution in [2.75, 3.05) is 0 Å². The molecule has 5 heteroatoms. The van der Waals surface area contributed by atoms with E-state index in [2.05, 4.69) is 0 Å². The summed E-state index contributed by atoms with van der Waals surface area (Å²) >= 11 is 0. The van der Waals surface area contributed by atoms with Crippen LogP contribution in [0.25, 0.3) is 33.1 Å². The fourth-order valence-electron chi connectivity index (χ4n) is 3.29. The average Bonchev–Trinajstić information content (AvgIpc) is 2.58. The van der Waals surface area contributed by atoms with Gasteiger partial charge in [-0.2, -0.15) is 8.42 Å². The monoisotopic (exact) mass is 365 g/mol. The first-order valence-corrected chi connectivity index (χ1v) is 9.62. The van der Waals surface area contributed by atoms with Crippen molar-refractivity contribution in [1.82, 2.24) is 0 Å². The molecule has 0 aliphatic heterocycles. The first-order valence-electron chi connectivity index (χ1n) is 8.18. The molecule has 1 N–H and O–H groups in total. The van der Waals surface area contributed by atoms with Crippen LogP contribution in [-0.4, -0.2) is 13.0 Å². The van der Waals surface area contributed by atoms with Crippen molar-refractivity contribution in [3.63, 3.8) is 0 Å². The summed E-state index contributed by atoms with van der Waals surface area (Å²) < 4.78 is 39.7. The zero-order valence-electron chi connectivity index (χ0n) is 14.4. The van der Waals surface area contributed by atoms with Gasteiger partial charge >= 0.3 is 11.2 Å². The average molecular weight is 365 g/mol. The molecule has 26 heavy (non-hydrogen) atoms. The van der Waals surface area contributed by atoms with E-state index in [1.807, 2.05) is 50.2 Å². The van der Waals surface area contributed by atoms with Crippen LogP contribution in [-0.2, 0) is 10.1 Å². The molecule has 4 nitrogen and oxygen atoms in total. The Morgan fingerprint density at radius 2 is 1.35 bits per heavy atom. The van der Waals surface area contributed by atoms with Gasteiger partial charge in [0, 0.05) is 23.3 Å². The van der Waals surface area contributed by atoms with Gasteiger partial charge in [0.05, 0.1) is 10.8 Å². The molecule has 0 radical (unpaired) electrons. The third-order valence-corrected chi connectivity index (χ3v) is 5.38. The highest BCUT2D eigenvalue weighted by atomic mass is 32.2. The Kier molecular flexibility index (Phi) is 3.79. The molecule has 0 aliphatic carbocycles. The van der Waals surface area contributed by atoms with Gasteiger partial charge in [-0.1, -0.05) is 30.3 Å². The van der Waals surface area contributed by atoms with Crippen molar-refractivity contribution < 1.29 is 17.4 Å². The van der Waals surface area contributed by atoms with E-state index in [0.29, 0.717) is 16.7 Å². The van der Waals surface area contributed by atoms with Crippen LogP contribution in [0.2, 0.25) is 0 Å². The number of hydrogen-bond donors (Lipinski definition) is 1. The molecule has 0 aliphatic rings. The zero-order chi connectivity index (χ0) is 18.5. The number of rotatable bonds is 2. The van der Waals surface area contributed by atoms with Crippen LogP contribution >= 0.6 is 0 Å². The number of fused-ring (bicyclic) bond motifs is 2. The second-order valence-corrected chi connectivity index (χ2v) is 7.84. The first kappa shape index (κ1) is 16.7. The Morgan fingerprint density at radius 3 is 1.88 bits per heavy atom. The van der Waals surface area contributed by atoms with E-state index in [1.165, 1.54) is 6.07 Å². The molecule has 1 aromatic heterocycles. The molecule has 0 spiro atoms. The highest BCUT2D eigenvalue weighted by molar-refractivity contribution is 7.86. The van der Waals surface area contributed by atoms with Gasteiger partial charge in [0.1, 0.15) is 4.90 Å². The second-order valence-electron chi connectivity index (χ2n) is 6.45. The highest BCUT2D eigenvalue weighted by Crippen LogP contribution is 2.39. The van der Waals surface area contributed by atoms with Gasteiger partial charge in [-0.15, -0.1) is 0 Å². The number of benzene rings is 3. The minimum absolute atomic E-state index is 0.116. The standard InChI is InChI=1S/C21H16O4S/c1-13-7-9-15-18(11-13)25-19-12-14(2)8-10-16(19)21(15)17-5-3-4-6-20(17)26(22,23)24/h3-12H,1-2H3/p+1. The van der Waals surface area contributed by atoms with E-state index in [9.17, 15) is 13.0 Å². The summed E-state index contributed by atoms with van der Waals surface area (Å²) in [7, 11) is -4.37. The second kappa shape index (κ2) is 5.90. The first-order chi connectivity index (χ1) is 12.3. The molecule has 130 valence electrons. The van der Waals surface area contributed by atoms with Crippen molar-refractivity contribution in [2.45, 2.75) is 18.7 Å². The number of aryl methyl sites for hydroxylation is 2. The van der Waals surface area contributed by atoms with Gasteiger partial charge in [0.15, 0.2) is 0 Å². The largest absolute Gasteiger partial charge is 0.361 e. The summed E-state index contributed by atoms with van der Waals surface area (Å²) in [5.41, 5.74) is 4.61. The molecular weight excluding hydrogens is 348 g/mol. The third kappa shape index (κ3) is 2.75. The van der Waals surface area contributed by atoms with E-state index in [1.54, 1.807) is 18.2 Å². The van der Waals surface area contributed by atoms with Gasteiger partial charge in [-0.05, 0) is 43.2 Å². The Morgan fingerprint density at radius 1 is 0.808 bits per heavy atom. The quantitative estimate of drug-likeness (QED) is 0.293. The smallest absolute Gasteiger partial charge is 0.282 e. The molecule has 0 fully saturated rings. The highest BCUT2D eigenvalue weighted by Gasteiger charge is 2.25. The van der Waals surface area contributed by atoms with E-state index in [0.717, 1.165) is 27.5 Å². The molecule has 0 amide bonds. The van der Waals surface area contributed by atoms with Crippen molar-refractivity contribution in [2.24, 2.45) is 0 Å². The van der Waals surface area contributed by atoms with E-state index >= 15 is 0 Å². The van der Waals surface area contributed by atoms with E-state index in [4.69, 9.17) is 4.42 Å². The zero-order valence-corrected chi connectivity index (χ0v) is 15.2. The fraction of sp³-hybridized carbons (Fsp3) is 0.0952. The molecule has 4 aromatic rings. The summed E-state index contributed by atoms with van der Waals surface area (Å²) in [6, 6.07) is 18.1. The van der Waals surface area contributed by atoms with Crippen LogP contribution in [0.1, 0.15) is 11.1 Å². The molecule has 1 heterocycles. The summed E-state index contributed by atoms with van der Waals surface area (Å²) in [6.45, 7) is 3.95. The SMILES string of the molecule is Cc1ccc2c(-c3ccccc3S(=O)(=O)O)c3ccc(C)cc3[o+]c2c1. The molecule has 3 aromatic carbocycles. The van der Waals surface area contributed by atoms with Crippen LogP contribution in [0.5, 0.6) is 0 Å². The minimum Gasteiger partial charge on any atom is -0.282 e. The van der Waals surface area contributed by atoms with Crippen LogP contribution in [0.15, 0.2) is 70.0 Å². The van der Waals surface area contributed by atoms with E-state index < -0.39 is 10.1 Å². The van der Waals surface area contributed by atoms with E-state index in [-0.39, 0.29) is 4.90 Å². The predicted molar refractivity (Wildman–Crippen MR) is 103 cm³/mol. The van der Waals surface area contributed by atoms with Crippen LogP contribution in [0.3, 0.4) is 0 Å². The molecular formula is C21H17O4S+. The lowest BCUT2D eigenvalue weighted by molar-refractivity contribution is 0.483. The van der Waals surface area contributed by atoms with Crippen molar-refractivity contribution in [3.05, 3.63) is 71.8 Å². The molecule has 0 bridgehead atoms. The lowest BCUT2D eigenvalue weighted by atomic mass is 9.96. The predicted octanol–water partition coefficient (Wildman–Crippen LogP) is 5.40. The van der Waals surface area contributed by atoms with Gasteiger partial charge < -0.3 is 0 Å². The van der Waals surface area contributed by atoms with Crippen molar-refractivity contribution >= 4 is 32.1 Å². The summed E-state index contributed by atoms with van der Waals surface area (Å²) in [5.74, 6) is 0. The topological polar surface area (TPSA) is 65.7 Å². The van der Waals surface area contributed by atoms with Crippen molar-refractivity contribution in [1.29, 1.82) is 0 Å².